The van der Waals surface area contributed by atoms with E-state index >= 15 is 0 Å². The first-order valence-electron chi connectivity index (χ1n) is 6.52. The van der Waals surface area contributed by atoms with Crippen molar-refractivity contribution in [1.82, 2.24) is 10.2 Å². The molecule has 1 N–H and O–H groups in total. The fourth-order valence-electron chi connectivity index (χ4n) is 1.81. The molecule has 1 aromatic carbocycles. The summed E-state index contributed by atoms with van der Waals surface area (Å²) in [6.07, 6.45) is 1.06. The van der Waals surface area contributed by atoms with Gasteiger partial charge in [0.1, 0.15) is 0 Å². The van der Waals surface area contributed by atoms with Gasteiger partial charge in [-0.05, 0) is 46.5 Å². The Morgan fingerprint density at radius 1 is 1.42 bits per heavy atom. The maximum atomic E-state index is 10.9. The number of nitro benzene ring substituents is 1. The van der Waals surface area contributed by atoms with Crippen LogP contribution in [0.4, 0.5) is 5.69 Å². The highest BCUT2D eigenvalue weighted by atomic mass is 16.6. The van der Waals surface area contributed by atoms with E-state index in [4.69, 9.17) is 0 Å². The van der Waals surface area contributed by atoms with Gasteiger partial charge in [0.05, 0.1) is 4.92 Å². The molecule has 1 atom stereocenters. The summed E-state index contributed by atoms with van der Waals surface area (Å²) in [7, 11) is 4.10. The lowest BCUT2D eigenvalue weighted by atomic mass is 10.1. The third-order valence-corrected chi connectivity index (χ3v) is 3.13. The Balaban J connectivity index is 2.54. The van der Waals surface area contributed by atoms with Crippen molar-refractivity contribution in [3.8, 4) is 0 Å². The first-order chi connectivity index (χ1) is 8.90. The van der Waals surface area contributed by atoms with Crippen molar-refractivity contribution >= 4 is 5.69 Å². The minimum absolute atomic E-state index is 0.195. The number of nitrogens with one attached hydrogen (secondary N) is 1. The van der Waals surface area contributed by atoms with Gasteiger partial charge in [-0.2, -0.15) is 0 Å². The van der Waals surface area contributed by atoms with Gasteiger partial charge in [0.2, 0.25) is 0 Å². The quantitative estimate of drug-likeness (QED) is 0.607. The molecule has 5 nitrogen and oxygen atoms in total. The smallest absolute Gasteiger partial charge is 0.272 e. The summed E-state index contributed by atoms with van der Waals surface area (Å²) in [5, 5.41) is 14.3. The van der Waals surface area contributed by atoms with E-state index in [1.54, 1.807) is 19.1 Å². The van der Waals surface area contributed by atoms with Gasteiger partial charge >= 0.3 is 0 Å². The summed E-state index contributed by atoms with van der Waals surface area (Å²) >= 11 is 0. The molecule has 0 saturated heterocycles. The van der Waals surface area contributed by atoms with Crippen LogP contribution in [0.15, 0.2) is 18.2 Å². The van der Waals surface area contributed by atoms with E-state index in [-0.39, 0.29) is 10.6 Å². The fraction of sp³-hybridized carbons (Fsp3) is 0.571. The number of aryl methyl sites for hydroxylation is 1. The molecule has 0 spiro atoms. The SMILES string of the molecule is Cc1ccc(CNC(C)CCN(C)C)cc1[N+](=O)[O-]. The Morgan fingerprint density at radius 3 is 2.68 bits per heavy atom. The van der Waals surface area contributed by atoms with Crippen LogP contribution >= 0.6 is 0 Å². The summed E-state index contributed by atoms with van der Waals surface area (Å²) in [6.45, 7) is 5.58. The monoisotopic (exact) mass is 265 g/mol. The van der Waals surface area contributed by atoms with Crippen LogP contribution in [0.1, 0.15) is 24.5 Å². The molecule has 0 bridgehead atoms. The van der Waals surface area contributed by atoms with Crippen LogP contribution in [0.3, 0.4) is 0 Å². The second-order valence-corrected chi connectivity index (χ2v) is 5.25. The number of nitro groups is 1. The summed E-state index contributed by atoms with van der Waals surface area (Å²) in [5.74, 6) is 0. The van der Waals surface area contributed by atoms with Crippen molar-refractivity contribution in [1.29, 1.82) is 0 Å². The highest BCUT2D eigenvalue weighted by molar-refractivity contribution is 5.42. The molecule has 0 heterocycles. The van der Waals surface area contributed by atoms with Gasteiger partial charge < -0.3 is 10.2 Å². The van der Waals surface area contributed by atoms with Crippen LogP contribution in [0.2, 0.25) is 0 Å². The van der Waals surface area contributed by atoms with Crippen LogP contribution in [-0.4, -0.2) is 36.5 Å². The lowest BCUT2D eigenvalue weighted by molar-refractivity contribution is -0.385. The first-order valence-corrected chi connectivity index (χ1v) is 6.52. The van der Waals surface area contributed by atoms with Crippen molar-refractivity contribution in [3.63, 3.8) is 0 Å². The van der Waals surface area contributed by atoms with E-state index in [0.717, 1.165) is 18.5 Å². The molecule has 1 unspecified atom stereocenters. The van der Waals surface area contributed by atoms with Gasteiger partial charge in [0.25, 0.3) is 5.69 Å². The zero-order valence-electron chi connectivity index (χ0n) is 12.1. The van der Waals surface area contributed by atoms with Crippen molar-refractivity contribution in [2.75, 3.05) is 20.6 Å². The summed E-state index contributed by atoms with van der Waals surface area (Å²) < 4.78 is 0. The number of hydrogen-bond donors (Lipinski definition) is 1. The van der Waals surface area contributed by atoms with Crippen LogP contribution in [0.5, 0.6) is 0 Å². The normalized spacial score (nSPS) is 12.7. The summed E-state index contributed by atoms with van der Waals surface area (Å²) in [5.41, 5.74) is 1.85. The Hall–Kier alpha value is -1.46. The van der Waals surface area contributed by atoms with Crippen LogP contribution < -0.4 is 5.32 Å². The first kappa shape index (κ1) is 15.6. The third kappa shape index (κ3) is 5.36. The van der Waals surface area contributed by atoms with Crippen LogP contribution in [0.25, 0.3) is 0 Å². The fourth-order valence-corrected chi connectivity index (χ4v) is 1.81. The van der Waals surface area contributed by atoms with Crippen molar-refractivity contribution in [2.24, 2.45) is 0 Å². The molecule has 19 heavy (non-hydrogen) atoms. The number of rotatable bonds is 7. The standard InChI is InChI=1S/C14H23N3O2/c1-11-5-6-13(9-14(11)17(18)19)10-15-12(2)7-8-16(3)4/h5-6,9,12,15H,7-8,10H2,1-4H3. The average Bonchev–Trinajstić information content (AvgIpc) is 2.35. The molecular weight excluding hydrogens is 242 g/mol. The molecule has 0 aromatic heterocycles. The third-order valence-electron chi connectivity index (χ3n) is 3.13. The van der Waals surface area contributed by atoms with Gasteiger partial charge in [-0.3, -0.25) is 10.1 Å². The predicted molar refractivity (Wildman–Crippen MR) is 77.3 cm³/mol. The summed E-state index contributed by atoms with van der Waals surface area (Å²) in [4.78, 5) is 12.7. The molecule has 1 aromatic rings. The molecular formula is C14H23N3O2. The van der Waals surface area contributed by atoms with E-state index in [0.29, 0.717) is 18.2 Å². The molecule has 1 rings (SSSR count). The molecule has 0 aliphatic rings. The zero-order valence-corrected chi connectivity index (χ0v) is 12.1. The highest BCUT2D eigenvalue weighted by Crippen LogP contribution is 2.19. The van der Waals surface area contributed by atoms with Crippen molar-refractivity contribution in [2.45, 2.75) is 32.9 Å². The highest BCUT2D eigenvalue weighted by Gasteiger charge is 2.11. The van der Waals surface area contributed by atoms with E-state index in [2.05, 4.69) is 31.2 Å². The molecule has 0 saturated carbocycles. The van der Waals surface area contributed by atoms with E-state index in [1.165, 1.54) is 0 Å². The molecule has 106 valence electrons. The van der Waals surface area contributed by atoms with E-state index in [9.17, 15) is 10.1 Å². The Labute approximate surface area is 114 Å². The minimum atomic E-state index is -0.325. The second-order valence-electron chi connectivity index (χ2n) is 5.25. The topological polar surface area (TPSA) is 58.4 Å². The molecule has 0 aliphatic carbocycles. The van der Waals surface area contributed by atoms with Gasteiger partial charge in [-0.25, -0.2) is 0 Å². The number of benzene rings is 1. The lowest BCUT2D eigenvalue weighted by Crippen LogP contribution is -2.29. The lowest BCUT2D eigenvalue weighted by Gasteiger charge is -2.16. The Kier molecular flexibility index (Phi) is 5.92. The maximum absolute atomic E-state index is 10.9. The molecule has 5 heteroatoms. The Morgan fingerprint density at radius 2 is 2.11 bits per heavy atom. The Bertz CT molecular complexity index is 433. The summed E-state index contributed by atoms with van der Waals surface area (Å²) in [6, 6.07) is 5.79. The molecule has 0 radical (unpaired) electrons. The van der Waals surface area contributed by atoms with E-state index in [1.807, 2.05) is 6.07 Å². The van der Waals surface area contributed by atoms with Gasteiger partial charge in [-0.15, -0.1) is 0 Å². The predicted octanol–water partition coefficient (Wildman–Crippen LogP) is 2.33. The number of nitrogens with zero attached hydrogens (tertiary/aromatic N) is 2. The number of hydrogen-bond acceptors (Lipinski definition) is 4. The van der Waals surface area contributed by atoms with Crippen molar-refractivity contribution < 1.29 is 4.92 Å². The van der Waals surface area contributed by atoms with Crippen molar-refractivity contribution in [3.05, 3.63) is 39.4 Å². The molecule has 0 fully saturated rings. The van der Waals surface area contributed by atoms with Crippen LogP contribution in [-0.2, 0) is 6.54 Å². The van der Waals surface area contributed by atoms with E-state index < -0.39 is 0 Å². The zero-order chi connectivity index (χ0) is 14.4. The van der Waals surface area contributed by atoms with Gasteiger partial charge in [0, 0.05) is 24.2 Å². The maximum Gasteiger partial charge on any atom is 0.272 e. The largest absolute Gasteiger partial charge is 0.310 e. The average molecular weight is 265 g/mol. The minimum Gasteiger partial charge on any atom is -0.310 e. The van der Waals surface area contributed by atoms with Gasteiger partial charge in [0.15, 0.2) is 0 Å². The molecule has 0 aliphatic heterocycles. The second kappa shape index (κ2) is 7.21. The van der Waals surface area contributed by atoms with Gasteiger partial charge in [-0.1, -0.05) is 12.1 Å². The van der Waals surface area contributed by atoms with Crippen LogP contribution in [0, 0.1) is 17.0 Å². The molecule has 0 amide bonds.